The maximum Gasteiger partial charge on any atom is 0.233 e. The van der Waals surface area contributed by atoms with Crippen molar-refractivity contribution in [2.45, 2.75) is 50.4 Å². The standard InChI is InChI=1S/C31H39F2N3O3/c1-34-16-18-35(19-17-34)28(37)21-30(23-39-27-10-8-25(32)9-11-27)12-5-15-36(22-30)29(38)31(13-2-3-14-31)24-6-4-7-26(33)20-24/h4,6-11,20H,2-3,5,12-19,21-23H2,1H3/t30-/m1/s1. The first-order valence-corrected chi connectivity index (χ1v) is 14.2. The molecule has 0 aromatic heterocycles. The van der Waals surface area contributed by atoms with Crippen LogP contribution >= 0.6 is 0 Å². The molecule has 2 amide bonds. The van der Waals surface area contributed by atoms with E-state index in [1.807, 2.05) is 15.9 Å². The Balaban J connectivity index is 1.39. The van der Waals surface area contributed by atoms with E-state index in [-0.39, 0.29) is 36.5 Å². The number of likely N-dealkylation sites (N-methyl/N-ethyl adjacent to an activating group) is 1. The number of halogens is 2. The van der Waals surface area contributed by atoms with Crippen molar-refractivity contribution in [2.75, 3.05) is 52.9 Å². The van der Waals surface area contributed by atoms with Crippen molar-refractivity contribution in [3.05, 3.63) is 65.7 Å². The number of ether oxygens (including phenoxy) is 1. The van der Waals surface area contributed by atoms with Gasteiger partial charge in [-0.05, 0) is 74.7 Å². The summed E-state index contributed by atoms with van der Waals surface area (Å²) in [5, 5.41) is 0. The van der Waals surface area contributed by atoms with Gasteiger partial charge >= 0.3 is 0 Å². The molecule has 0 N–H and O–H groups in total. The third kappa shape index (κ3) is 6.11. The van der Waals surface area contributed by atoms with Gasteiger partial charge in [-0.25, -0.2) is 8.78 Å². The number of hydrogen-bond acceptors (Lipinski definition) is 4. The van der Waals surface area contributed by atoms with Crippen molar-refractivity contribution in [1.29, 1.82) is 0 Å². The Morgan fingerprint density at radius 1 is 0.846 bits per heavy atom. The SMILES string of the molecule is CN1CCN(C(=O)C[C@]2(COc3ccc(F)cc3)CCCN(C(=O)C3(c4cccc(F)c4)CCCC3)C2)CC1. The van der Waals surface area contributed by atoms with Crippen LogP contribution in [0.3, 0.4) is 0 Å². The quantitative estimate of drug-likeness (QED) is 0.515. The number of amides is 2. The summed E-state index contributed by atoms with van der Waals surface area (Å²) >= 11 is 0. The van der Waals surface area contributed by atoms with Crippen molar-refractivity contribution >= 4 is 11.8 Å². The number of carbonyl (C=O) groups is 2. The second kappa shape index (κ2) is 11.6. The highest BCUT2D eigenvalue weighted by molar-refractivity contribution is 5.89. The van der Waals surface area contributed by atoms with Crippen molar-refractivity contribution in [1.82, 2.24) is 14.7 Å². The topological polar surface area (TPSA) is 53.1 Å². The zero-order chi connectivity index (χ0) is 27.5. The average Bonchev–Trinajstić information content (AvgIpc) is 3.44. The molecule has 39 heavy (non-hydrogen) atoms. The lowest BCUT2D eigenvalue weighted by Gasteiger charge is -2.46. The number of rotatable bonds is 7. The lowest BCUT2D eigenvalue weighted by atomic mass is 9.74. The second-order valence-electron chi connectivity index (χ2n) is 11.7. The van der Waals surface area contributed by atoms with Crippen LogP contribution in [0.4, 0.5) is 8.78 Å². The van der Waals surface area contributed by atoms with E-state index in [0.29, 0.717) is 44.8 Å². The van der Waals surface area contributed by atoms with Crippen molar-refractivity contribution in [3.8, 4) is 5.75 Å². The summed E-state index contributed by atoms with van der Waals surface area (Å²) in [4.78, 5) is 33.9. The van der Waals surface area contributed by atoms with Crippen LogP contribution in [0.5, 0.6) is 5.75 Å². The fourth-order valence-electron chi connectivity index (χ4n) is 6.64. The third-order valence-corrected chi connectivity index (χ3v) is 8.93. The van der Waals surface area contributed by atoms with E-state index in [9.17, 15) is 18.4 Å². The first-order chi connectivity index (χ1) is 18.8. The fourth-order valence-corrected chi connectivity index (χ4v) is 6.64. The molecule has 2 heterocycles. The highest BCUT2D eigenvalue weighted by Crippen LogP contribution is 2.45. The van der Waals surface area contributed by atoms with Gasteiger partial charge in [-0.15, -0.1) is 0 Å². The zero-order valence-corrected chi connectivity index (χ0v) is 22.8. The van der Waals surface area contributed by atoms with Crippen LogP contribution in [-0.2, 0) is 15.0 Å². The monoisotopic (exact) mass is 539 g/mol. The molecule has 2 saturated heterocycles. The van der Waals surface area contributed by atoms with Crippen LogP contribution in [0, 0.1) is 17.0 Å². The minimum absolute atomic E-state index is 0.0310. The Labute approximate surface area is 229 Å². The van der Waals surface area contributed by atoms with Crippen LogP contribution in [0.15, 0.2) is 48.5 Å². The van der Waals surface area contributed by atoms with Gasteiger partial charge in [0.05, 0.1) is 12.0 Å². The second-order valence-corrected chi connectivity index (χ2v) is 11.7. The summed E-state index contributed by atoms with van der Waals surface area (Å²) in [5.41, 5.74) is -0.549. The summed E-state index contributed by atoms with van der Waals surface area (Å²) in [5.74, 6) is -0.0105. The molecule has 5 rings (SSSR count). The van der Waals surface area contributed by atoms with Crippen LogP contribution in [0.2, 0.25) is 0 Å². The van der Waals surface area contributed by atoms with Gasteiger partial charge in [0.25, 0.3) is 0 Å². The molecule has 1 atom stereocenters. The lowest BCUT2D eigenvalue weighted by molar-refractivity contribution is -0.146. The van der Waals surface area contributed by atoms with E-state index in [1.165, 1.54) is 24.3 Å². The van der Waals surface area contributed by atoms with E-state index in [0.717, 1.165) is 44.3 Å². The molecule has 210 valence electrons. The van der Waals surface area contributed by atoms with Crippen LogP contribution < -0.4 is 4.74 Å². The van der Waals surface area contributed by atoms with Gasteiger partial charge in [0.2, 0.25) is 11.8 Å². The van der Waals surface area contributed by atoms with Gasteiger partial charge < -0.3 is 19.4 Å². The Morgan fingerprint density at radius 2 is 1.56 bits per heavy atom. The molecule has 2 aliphatic heterocycles. The Bertz CT molecular complexity index is 1160. The molecule has 0 spiro atoms. The first kappa shape index (κ1) is 27.6. The summed E-state index contributed by atoms with van der Waals surface area (Å²) in [6.45, 7) is 4.33. The van der Waals surface area contributed by atoms with Crippen LogP contribution in [0.25, 0.3) is 0 Å². The number of carbonyl (C=O) groups excluding carboxylic acids is 2. The third-order valence-electron chi connectivity index (χ3n) is 8.93. The van der Waals surface area contributed by atoms with E-state index >= 15 is 0 Å². The predicted molar refractivity (Wildman–Crippen MR) is 145 cm³/mol. The number of piperazine rings is 1. The highest BCUT2D eigenvalue weighted by atomic mass is 19.1. The number of nitrogens with zero attached hydrogens (tertiary/aromatic N) is 3. The van der Waals surface area contributed by atoms with Crippen molar-refractivity contribution in [2.24, 2.45) is 5.41 Å². The summed E-state index contributed by atoms with van der Waals surface area (Å²) in [6.07, 6.45) is 5.05. The van der Waals surface area contributed by atoms with Gasteiger partial charge in [-0.3, -0.25) is 9.59 Å². The maximum absolute atomic E-state index is 14.3. The number of hydrogen-bond donors (Lipinski definition) is 0. The molecule has 6 nitrogen and oxygen atoms in total. The highest BCUT2D eigenvalue weighted by Gasteiger charge is 2.48. The Morgan fingerprint density at radius 3 is 2.26 bits per heavy atom. The number of likely N-dealkylation sites (tertiary alicyclic amines) is 1. The van der Waals surface area contributed by atoms with Crippen LogP contribution in [0.1, 0.15) is 50.5 Å². The molecule has 1 aliphatic carbocycles. The van der Waals surface area contributed by atoms with Crippen LogP contribution in [-0.4, -0.2) is 79.4 Å². The molecule has 2 aromatic carbocycles. The molecule has 0 bridgehead atoms. The first-order valence-electron chi connectivity index (χ1n) is 14.2. The smallest absolute Gasteiger partial charge is 0.233 e. The fraction of sp³-hybridized carbons (Fsp3) is 0.548. The number of benzene rings is 2. The van der Waals surface area contributed by atoms with Crippen molar-refractivity contribution in [3.63, 3.8) is 0 Å². The molecule has 8 heteroatoms. The molecule has 3 fully saturated rings. The zero-order valence-electron chi connectivity index (χ0n) is 22.8. The predicted octanol–water partition coefficient (Wildman–Crippen LogP) is 4.63. The summed E-state index contributed by atoms with van der Waals surface area (Å²) in [7, 11) is 2.06. The molecule has 1 saturated carbocycles. The van der Waals surface area contributed by atoms with Gasteiger partial charge in [0, 0.05) is 51.1 Å². The molecule has 0 radical (unpaired) electrons. The number of piperidine rings is 1. The summed E-state index contributed by atoms with van der Waals surface area (Å²) in [6, 6.07) is 12.4. The molecule has 2 aromatic rings. The molecular formula is C31H39F2N3O3. The normalized spacial score (nSPS) is 23.6. The minimum Gasteiger partial charge on any atom is -0.493 e. The van der Waals surface area contributed by atoms with Gasteiger partial charge in [0.15, 0.2) is 0 Å². The van der Waals surface area contributed by atoms with E-state index < -0.39 is 10.8 Å². The Hall–Kier alpha value is -3.00. The summed E-state index contributed by atoms with van der Waals surface area (Å²) < 4.78 is 33.9. The van der Waals surface area contributed by atoms with Gasteiger partial charge in [-0.2, -0.15) is 0 Å². The maximum atomic E-state index is 14.3. The van der Waals surface area contributed by atoms with Crippen molar-refractivity contribution < 1.29 is 23.1 Å². The molecule has 3 aliphatic rings. The average molecular weight is 540 g/mol. The van der Waals surface area contributed by atoms with E-state index in [1.54, 1.807) is 18.2 Å². The van der Waals surface area contributed by atoms with Gasteiger partial charge in [0.1, 0.15) is 17.4 Å². The minimum atomic E-state index is -0.732. The Kier molecular flexibility index (Phi) is 8.21. The van der Waals surface area contributed by atoms with Gasteiger partial charge in [-0.1, -0.05) is 25.0 Å². The lowest BCUT2D eigenvalue weighted by Crippen LogP contribution is -2.56. The van der Waals surface area contributed by atoms with E-state index in [4.69, 9.17) is 4.74 Å². The van der Waals surface area contributed by atoms with E-state index in [2.05, 4.69) is 11.9 Å². The molecular weight excluding hydrogens is 500 g/mol. The molecule has 0 unspecified atom stereocenters. The largest absolute Gasteiger partial charge is 0.493 e.